The molecule has 0 aromatic carbocycles. The van der Waals surface area contributed by atoms with Crippen LogP contribution < -0.4 is 10.2 Å². The molecule has 0 bridgehead atoms. The van der Waals surface area contributed by atoms with E-state index in [0.717, 1.165) is 43.4 Å². The van der Waals surface area contributed by atoms with E-state index in [1.54, 1.807) is 12.3 Å². The molecule has 1 saturated heterocycles. The molecule has 7 heteroatoms. The summed E-state index contributed by atoms with van der Waals surface area (Å²) in [4.78, 5) is 20.8. The average Bonchev–Trinajstić information content (AvgIpc) is 2.96. The molecule has 1 aliphatic rings. The maximum absolute atomic E-state index is 11.9. The summed E-state index contributed by atoms with van der Waals surface area (Å²) in [6, 6.07) is 5.83. The number of hydrogen-bond donors (Lipinski definition) is 1. The van der Waals surface area contributed by atoms with Gasteiger partial charge in [-0.05, 0) is 26.0 Å². The lowest BCUT2D eigenvalue weighted by Gasteiger charge is -2.35. The monoisotopic (exact) mass is 354 g/mol. The number of carbonyl (C=O) groups excluding carboxylic acids is 1. The first-order chi connectivity index (χ1) is 12.6. The largest absolute Gasteiger partial charge is 0.366 e. The summed E-state index contributed by atoms with van der Waals surface area (Å²) < 4.78 is 1.90. The molecule has 2 aromatic heterocycles. The molecule has 0 aliphatic carbocycles. The van der Waals surface area contributed by atoms with Crippen LogP contribution in [-0.2, 0) is 4.79 Å². The maximum Gasteiger partial charge on any atom is 0.234 e. The number of hydrogen-bond acceptors (Lipinski definition) is 5. The lowest BCUT2D eigenvalue weighted by atomic mass is 10.2. The third-order valence-electron chi connectivity index (χ3n) is 4.62. The summed E-state index contributed by atoms with van der Waals surface area (Å²) in [5.41, 5.74) is 3.27. The average molecular weight is 354 g/mol. The molecule has 26 heavy (non-hydrogen) atoms. The zero-order valence-corrected chi connectivity index (χ0v) is 15.5. The van der Waals surface area contributed by atoms with Crippen molar-refractivity contribution in [1.29, 1.82) is 0 Å². The van der Waals surface area contributed by atoms with Gasteiger partial charge >= 0.3 is 0 Å². The Hall–Kier alpha value is -2.67. The smallest absolute Gasteiger partial charge is 0.234 e. The van der Waals surface area contributed by atoms with Gasteiger partial charge < -0.3 is 10.2 Å². The van der Waals surface area contributed by atoms with Crippen molar-refractivity contribution in [3.63, 3.8) is 0 Å². The van der Waals surface area contributed by atoms with Crippen molar-refractivity contribution in [2.45, 2.75) is 13.8 Å². The standard InChI is InChI=1S/C19H26N6O/c1-4-8-21-18(26)14-23-10-12-24(13-11-23)19-15(2)22-25(16(19)3)17-7-5-6-9-20-17/h4-7,9H,1,8,10-14H2,2-3H3,(H,21,26). The fourth-order valence-corrected chi connectivity index (χ4v) is 3.37. The van der Waals surface area contributed by atoms with E-state index < -0.39 is 0 Å². The highest BCUT2D eigenvalue weighted by Crippen LogP contribution is 2.27. The number of aromatic nitrogens is 3. The summed E-state index contributed by atoms with van der Waals surface area (Å²) in [6.07, 6.45) is 3.47. The summed E-state index contributed by atoms with van der Waals surface area (Å²) in [5.74, 6) is 0.880. The van der Waals surface area contributed by atoms with Gasteiger partial charge in [0.15, 0.2) is 5.82 Å². The molecule has 1 N–H and O–H groups in total. The van der Waals surface area contributed by atoms with Gasteiger partial charge in [-0.1, -0.05) is 12.1 Å². The van der Waals surface area contributed by atoms with Crippen LogP contribution in [0.25, 0.3) is 5.82 Å². The van der Waals surface area contributed by atoms with Crippen LogP contribution in [0.15, 0.2) is 37.1 Å². The van der Waals surface area contributed by atoms with Crippen LogP contribution in [0.2, 0.25) is 0 Å². The normalized spacial score (nSPS) is 15.1. The van der Waals surface area contributed by atoms with Gasteiger partial charge in [-0.3, -0.25) is 9.69 Å². The van der Waals surface area contributed by atoms with Crippen LogP contribution in [0.4, 0.5) is 5.69 Å². The summed E-state index contributed by atoms with van der Waals surface area (Å²) in [5, 5.41) is 7.51. The van der Waals surface area contributed by atoms with E-state index in [4.69, 9.17) is 0 Å². The minimum absolute atomic E-state index is 0.0497. The van der Waals surface area contributed by atoms with E-state index in [2.05, 4.69) is 38.7 Å². The van der Waals surface area contributed by atoms with Crippen molar-refractivity contribution in [2.24, 2.45) is 0 Å². The molecule has 0 spiro atoms. The molecule has 1 amide bonds. The SMILES string of the molecule is C=CCNC(=O)CN1CCN(c2c(C)nn(-c3ccccn3)c2C)CC1. The first-order valence-electron chi connectivity index (χ1n) is 8.92. The lowest BCUT2D eigenvalue weighted by molar-refractivity contribution is -0.122. The number of carbonyl (C=O) groups is 1. The van der Waals surface area contributed by atoms with Crippen molar-refractivity contribution in [3.8, 4) is 5.82 Å². The van der Waals surface area contributed by atoms with Gasteiger partial charge in [0.1, 0.15) is 0 Å². The second-order valence-corrected chi connectivity index (χ2v) is 6.48. The van der Waals surface area contributed by atoms with Gasteiger partial charge in [-0.2, -0.15) is 5.10 Å². The summed E-state index contributed by atoms with van der Waals surface area (Å²) >= 11 is 0. The van der Waals surface area contributed by atoms with Gasteiger partial charge in [0, 0.05) is 38.9 Å². The van der Waals surface area contributed by atoms with Crippen molar-refractivity contribution in [1.82, 2.24) is 25.0 Å². The number of piperazine rings is 1. The number of aryl methyl sites for hydroxylation is 1. The third kappa shape index (κ3) is 3.94. The van der Waals surface area contributed by atoms with Gasteiger partial charge in [-0.15, -0.1) is 6.58 Å². The predicted molar refractivity (Wildman–Crippen MR) is 103 cm³/mol. The minimum Gasteiger partial charge on any atom is -0.366 e. The molecule has 2 aromatic rings. The third-order valence-corrected chi connectivity index (χ3v) is 4.62. The zero-order valence-electron chi connectivity index (χ0n) is 15.5. The maximum atomic E-state index is 11.9. The fourth-order valence-electron chi connectivity index (χ4n) is 3.37. The number of amides is 1. The Kier molecular flexibility index (Phi) is 5.68. The number of rotatable bonds is 6. The van der Waals surface area contributed by atoms with Crippen LogP contribution >= 0.6 is 0 Å². The van der Waals surface area contributed by atoms with Crippen molar-refractivity contribution >= 4 is 11.6 Å². The van der Waals surface area contributed by atoms with Gasteiger partial charge in [-0.25, -0.2) is 9.67 Å². The van der Waals surface area contributed by atoms with Gasteiger partial charge in [0.2, 0.25) is 5.91 Å². The second kappa shape index (κ2) is 8.14. The van der Waals surface area contributed by atoms with E-state index in [1.807, 2.05) is 29.8 Å². The van der Waals surface area contributed by atoms with Crippen molar-refractivity contribution < 1.29 is 4.79 Å². The van der Waals surface area contributed by atoms with Gasteiger partial charge in [0.05, 0.1) is 23.6 Å². The van der Waals surface area contributed by atoms with Crippen LogP contribution in [0, 0.1) is 13.8 Å². The molecular formula is C19H26N6O. The van der Waals surface area contributed by atoms with Crippen LogP contribution in [-0.4, -0.2) is 64.8 Å². The first-order valence-corrected chi connectivity index (χ1v) is 8.92. The summed E-state index contributed by atoms with van der Waals surface area (Å²) in [7, 11) is 0. The Bertz CT molecular complexity index is 762. The Balaban J connectivity index is 1.66. The number of nitrogens with one attached hydrogen (secondary N) is 1. The molecule has 138 valence electrons. The highest BCUT2D eigenvalue weighted by molar-refractivity contribution is 5.78. The van der Waals surface area contributed by atoms with Gasteiger partial charge in [0.25, 0.3) is 0 Å². The van der Waals surface area contributed by atoms with Crippen LogP contribution in [0.1, 0.15) is 11.4 Å². The van der Waals surface area contributed by atoms with Crippen molar-refractivity contribution in [3.05, 3.63) is 48.4 Å². The second-order valence-electron chi connectivity index (χ2n) is 6.48. The number of pyridine rings is 1. The molecular weight excluding hydrogens is 328 g/mol. The molecule has 3 heterocycles. The Labute approximate surface area is 154 Å². The molecule has 1 fully saturated rings. The zero-order chi connectivity index (χ0) is 18.5. The quantitative estimate of drug-likeness (QED) is 0.793. The van der Waals surface area contributed by atoms with E-state index in [9.17, 15) is 4.79 Å². The topological polar surface area (TPSA) is 66.3 Å². The van der Waals surface area contributed by atoms with Crippen LogP contribution in [0.5, 0.6) is 0 Å². The minimum atomic E-state index is 0.0497. The molecule has 1 aliphatic heterocycles. The number of nitrogens with zero attached hydrogens (tertiary/aromatic N) is 5. The molecule has 7 nitrogen and oxygen atoms in total. The fraction of sp³-hybridized carbons (Fsp3) is 0.421. The molecule has 0 atom stereocenters. The molecule has 0 saturated carbocycles. The Morgan fingerprint density at radius 2 is 2.04 bits per heavy atom. The summed E-state index contributed by atoms with van der Waals surface area (Å²) in [6.45, 7) is 12.2. The van der Waals surface area contributed by atoms with E-state index >= 15 is 0 Å². The highest BCUT2D eigenvalue weighted by Gasteiger charge is 2.24. The van der Waals surface area contributed by atoms with E-state index in [0.29, 0.717) is 13.1 Å². The Morgan fingerprint density at radius 3 is 2.69 bits per heavy atom. The molecule has 0 unspecified atom stereocenters. The van der Waals surface area contributed by atoms with E-state index in [1.165, 1.54) is 5.69 Å². The Morgan fingerprint density at radius 1 is 1.27 bits per heavy atom. The predicted octanol–water partition coefficient (Wildman–Crippen LogP) is 1.31. The molecule has 0 radical (unpaired) electrons. The molecule has 3 rings (SSSR count). The first kappa shape index (κ1) is 18.1. The van der Waals surface area contributed by atoms with Crippen LogP contribution in [0.3, 0.4) is 0 Å². The van der Waals surface area contributed by atoms with E-state index in [-0.39, 0.29) is 5.91 Å². The number of anilines is 1. The highest BCUT2D eigenvalue weighted by atomic mass is 16.2. The van der Waals surface area contributed by atoms with Crippen molar-refractivity contribution in [2.75, 3.05) is 44.2 Å². The lowest BCUT2D eigenvalue weighted by Crippen LogP contribution is -2.49.